The first kappa shape index (κ1) is 27.2. The molecule has 33 heavy (non-hydrogen) atoms. The van der Waals surface area contributed by atoms with Crippen molar-refractivity contribution in [1.82, 2.24) is 0 Å². The third-order valence-electron chi connectivity index (χ3n) is 6.84. The topological polar surface area (TPSA) is 82.1 Å². The van der Waals surface area contributed by atoms with E-state index >= 15 is 0 Å². The summed E-state index contributed by atoms with van der Waals surface area (Å²) in [5.41, 5.74) is 2.32. The number of carbonyl (C=O) groups excluding carboxylic acids is 2. The van der Waals surface area contributed by atoms with Crippen LogP contribution >= 0.6 is 0 Å². The van der Waals surface area contributed by atoms with Crippen molar-refractivity contribution < 1.29 is 28.9 Å². The van der Waals surface area contributed by atoms with Crippen molar-refractivity contribution in [1.29, 1.82) is 0 Å². The van der Waals surface area contributed by atoms with E-state index in [9.17, 15) is 14.7 Å². The van der Waals surface area contributed by atoms with Crippen molar-refractivity contribution in [2.24, 2.45) is 11.8 Å². The fourth-order valence-electron chi connectivity index (χ4n) is 5.12. The lowest BCUT2D eigenvalue weighted by atomic mass is 9.83. The van der Waals surface area contributed by atoms with Gasteiger partial charge in [0.05, 0.1) is 13.2 Å². The summed E-state index contributed by atoms with van der Waals surface area (Å²) in [4.78, 5) is 23.2. The van der Waals surface area contributed by atoms with Crippen molar-refractivity contribution in [2.45, 2.75) is 97.2 Å². The minimum atomic E-state index is -0.403. The molecule has 1 fully saturated rings. The summed E-state index contributed by atoms with van der Waals surface area (Å²) in [5, 5.41) is 10.5. The van der Waals surface area contributed by atoms with Crippen LogP contribution < -0.4 is 4.74 Å². The molecule has 186 valence electrons. The number of methoxy groups -OCH3 is 1. The van der Waals surface area contributed by atoms with Gasteiger partial charge in [0.15, 0.2) is 6.61 Å². The smallest absolute Gasteiger partial charge is 0.343 e. The number of esters is 2. The molecule has 1 aromatic rings. The molecular weight excluding hydrogens is 420 g/mol. The Morgan fingerprint density at radius 2 is 1.94 bits per heavy atom. The molecule has 4 atom stereocenters. The first-order valence-corrected chi connectivity index (χ1v) is 12.5. The number of rotatable bonds is 14. The van der Waals surface area contributed by atoms with E-state index in [-0.39, 0.29) is 30.7 Å². The average molecular weight is 463 g/mol. The highest BCUT2D eigenvalue weighted by Crippen LogP contribution is 2.41. The van der Waals surface area contributed by atoms with Crippen LogP contribution in [0.25, 0.3) is 0 Å². The Hall–Kier alpha value is -2.08. The lowest BCUT2D eigenvalue weighted by molar-refractivity contribution is -0.148. The molecule has 2 rings (SSSR count). The van der Waals surface area contributed by atoms with Crippen LogP contribution in [0.4, 0.5) is 0 Å². The second kappa shape index (κ2) is 14.2. The Morgan fingerprint density at radius 1 is 1.15 bits per heavy atom. The van der Waals surface area contributed by atoms with Crippen LogP contribution in [0.1, 0.15) is 83.3 Å². The highest BCUT2D eigenvalue weighted by molar-refractivity contribution is 5.71. The summed E-state index contributed by atoms with van der Waals surface area (Å²) in [5.74, 6) is 0.692. The molecule has 0 radical (unpaired) electrons. The minimum absolute atomic E-state index is 0.0841. The summed E-state index contributed by atoms with van der Waals surface area (Å²) in [6, 6.07) is 5.98. The van der Waals surface area contributed by atoms with E-state index in [0.29, 0.717) is 5.92 Å². The van der Waals surface area contributed by atoms with Crippen LogP contribution in [-0.4, -0.2) is 43.0 Å². The van der Waals surface area contributed by atoms with Gasteiger partial charge in [-0.05, 0) is 74.0 Å². The first-order chi connectivity index (χ1) is 15.9. The van der Waals surface area contributed by atoms with Gasteiger partial charge in [0, 0.05) is 6.92 Å². The van der Waals surface area contributed by atoms with Crippen LogP contribution in [0.2, 0.25) is 0 Å². The Labute approximate surface area is 199 Å². The maximum absolute atomic E-state index is 11.7. The van der Waals surface area contributed by atoms with Gasteiger partial charge in [-0.1, -0.05) is 45.2 Å². The maximum atomic E-state index is 11.7. The number of hydrogen-bond donors (Lipinski definition) is 1. The standard InChI is InChI=1S/C27H42O6/c1-5-7-8-11-22(29)14-15-24-21(13-16-26(24)33-19(3)28)17-20-10-9-12-25(23(20)6-2)32-18-27(30)31-4/h9-10,12,21-22,24,26,29H,5-8,11,13-18H2,1-4H3/t21-,22+,24-,26-/m1/s1. The van der Waals surface area contributed by atoms with Gasteiger partial charge in [0.1, 0.15) is 11.9 Å². The van der Waals surface area contributed by atoms with E-state index in [0.717, 1.165) is 75.5 Å². The molecule has 0 aliphatic heterocycles. The van der Waals surface area contributed by atoms with Crippen molar-refractivity contribution in [3.05, 3.63) is 29.3 Å². The zero-order valence-electron chi connectivity index (χ0n) is 20.8. The minimum Gasteiger partial charge on any atom is -0.482 e. The second-order valence-electron chi connectivity index (χ2n) is 9.19. The van der Waals surface area contributed by atoms with Crippen molar-refractivity contribution >= 4 is 11.9 Å². The molecular formula is C27H42O6. The number of ether oxygens (including phenoxy) is 3. The molecule has 6 heteroatoms. The van der Waals surface area contributed by atoms with E-state index in [1.807, 2.05) is 12.1 Å². The van der Waals surface area contributed by atoms with Gasteiger partial charge in [0.25, 0.3) is 0 Å². The Bertz CT molecular complexity index is 746. The molecule has 6 nitrogen and oxygen atoms in total. The van der Waals surface area contributed by atoms with Gasteiger partial charge < -0.3 is 19.3 Å². The summed E-state index contributed by atoms with van der Waals surface area (Å²) in [6.45, 7) is 5.62. The number of unbranched alkanes of at least 4 members (excludes halogenated alkanes) is 2. The number of hydrogen-bond acceptors (Lipinski definition) is 6. The third-order valence-corrected chi connectivity index (χ3v) is 6.84. The van der Waals surface area contributed by atoms with E-state index in [1.165, 1.54) is 19.6 Å². The zero-order valence-corrected chi connectivity index (χ0v) is 20.8. The molecule has 0 unspecified atom stereocenters. The fourth-order valence-corrected chi connectivity index (χ4v) is 5.12. The molecule has 0 saturated heterocycles. The molecule has 0 aromatic heterocycles. The maximum Gasteiger partial charge on any atom is 0.343 e. The molecule has 0 heterocycles. The lowest BCUT2D eigenvalue weighted by Crippen LogP contribution is -2.27. The Kier molecular flexibility index (Phi) is 11.7. The Balaban J connectivity index is 2.11. The third kappa shape index (κ3) is 8.65. The van der Waals surface area contributed by atoms with Gasteiger partial charge in [-0.2, -0.15) is 0 Å². The van der Waals surface area contributed by atoms with E-state index in [2.05, 4.69) is 19.9 Å². The summed E-state index contributed by atoms with van der Waals surface area (Å²) >= 11 is 0. The predicted molar refractivity (Wildman–Crippen MR) is 128 cm³/mol. The van der Waals surface area contributed by atoms with Crippen LogP contribution in [-0.2, 0) is 31.9 Å². The van der Waals surface area contributed by atoms with Gasteiger partial charge in [-0.3, -0.25) is 4.79 Å². The lowest BCUT2D eigenvalue weighted by Gasteiger charge is -2.26. The number of benzene rings is 1. The van der Waals surface area contributed by atoms with Crippen LogP contribution in [0.3, 0.4) is 0 Å². The highest BCUT2D eigenvalue weighted by Gasteiger charge is 2.38. The summed E-state index contributed by atoms with van der Waals surface area (Å²) in [6.07, 6.45) is 8.92. The van der Waals surface area contributed by atoms with Crippen molar-refractivity contribution in [2.75, 3.05) is 13.7 Å². The van der Waals surface area contributed by atoms with Crippen LogP contribution in [0.5, 0.6) is 5.75 Å². The molecule has 0 spiro atoms. The van der Waals surface area contributed by atoms with E-state index in [1.54, 1.807) is 0 Å². The van der Waals surface area contributed by atoms with E-state index in [4.69, 9.17) is 14.2 Å². The molecule has 0 amide bonds. The number of aliphatic hydroxyl groups excluding tert-OH is 1. The van der Waals surface area contributed by atoms with Gasteiger partial charge >= 0.3 is 11.9 Å². The number of carbonyl (C=O) groups is 2. The van der Waals surface area contributed by atoms with Crippen molar-refractivity contribution in [3.8, 4) is 5.75 Å². The predicted octanol–water partition coefficient (Wildman–Crippen LogP) is 5.02. The average Bonchev–Trinajstić information content (AvgIpc) is 3.16. The van der Waals surface area contributed by atoms with Gasteiger partial charge in [-0.25, -0.2) is 4.79 Å². The first-order valence-electron chi connectivity index (χ1n) is 12.5. The summed E-state index contributed by atoms with van der Waals surface area (Å²) in [7, 11) is 1.35. The SMILES string of the molecule is CCCCC[C@H](O)CC[C@@H]1[C@@H](Cc2cccc(OCC(=O)OC)c2CC)CC[C@H]1OC(C)=O. The normalized spacial score (nSPS) is 20.9. The zero-order chi connectivity index (χ0) is 24.2. The largest absolute Gasteiger partial charge is 0.482 e. The van der Waals surface area contributed by atoms with Crippen molar-refractivity contribution in [3.63, 3.8) is 0 Å². The second-order valence-corrected chi connectivity index (χ2v) is 9.19. The number of aliphatic hydroxyl groups is 1. The molecule has 1 saturated carbocycles. The molecule has 0 bridgehead atoms. The molecule has 1 N–H and O–H groups in total. The van der Waals surface area contributed by atoms with E-state index < -0.39 is 5.97 Å². The van der Waals surface area contributed by atoms with Gasteiger partial charge in [-0.15, -0.1) is 0 Å². The quantitative estimate of drug-likeness (QED) is 0.309. The molecule has 1 aromatic carbocycles. The Morgan fingerprint density at radius 3 is 2.61 bits per heavy atom. The monoisotopic (exact) mass is 462 g/mol. The fraction of sp³-hybridized carbons (Fsp3) is 0.704. The highest BCUT2D eigenvalue weighted by atomic mass is 16.6. The molecule has 1 aliphatic carbocycles. The van der Waals surface area contributed by atoms with Crippen LogP contribution in [0.15, 0.2) is 18.2 Å². The van der Waals surface area contributed by atoms with Gasteiger partial charge in [0.2, 0.25) is 0 Å². The summed E-state index contributed by atoms with van der Waals surface area (Å²) < 4.78 is 16.1. The van der Waals surface area contributed by atoms with Crippen LogP contribution in [0, 0.1) is 11.8 Å². The molecule has 1 aliphatic rings.